The molecule has 0 N–H and O–H groups in total. The van der Waals surface area contributed by atoms with Crippen LogP contribution in [0.4, 0.5) is 0 Å². The van der Waals surface area contributed by atoms with Gasteiger partial charge in [0.1, 0.15) is 23.9 Å². The van der Waals surface area contributed by atoms with Gasteiger partial charge in [0.15, 0.2) is 24.1 Å². The number of rotatable bonds is 6. The first-order valence-corrected chi connectivity index (χ1v) is 11.3. The maximum absolute atomic E-state index is 13.1. The average molecular weight is 495 g/mol. The zero-order chi connectivity index (χ0) is 24.5. The number of Topliss-reactive ketones (excluding diaryl/α,β-unsaturated/α-hetero) is 1. The lowest BCUT2D eigenvalue weighted by Gasteiger charge is -2.21. The van der Waals surface area contributed by atoms with Gasteiger partial charge in [0.25, 0.3) is 0 Å². The summed E-state index contributed by atoms with van der Waals surface area (Å²) in [5.41, 5.74) is 3.63. The molecule has 180 valence electrons. The van der Waals surface area contributed by atoms with Crippen molar-refractivity contribution in [3.63, 3.8) is 0 Å². The van der Waals surface area contributed by atoms with Crippen LogP contribution >= 0.6 is 11.6 Å². The smallest absolute Gasteiger partial charge is 0.232 e. The number of fused-ring (bicyclic) bond motifs is 2. The molecule has 0 saturated heterocycles. The summed E-state index contributed by atoms with van der Waals surface area (Å²) in [5, 5.41) is 0.582. The van der Waals surface area contributed by atoms with Crippen molar-refractivity contribution in [2.24, 2.45) is 0 Å². The number of benzene rings is 3. The molecule has 0 radical (unpaired) electrons. The molecule has 0 spiro atoms. The Balaban J connectivity index is 1.41. The van der Waals surface area contributed by atoms with Gasteiger partial charge in [-0.2, -0.15) is 0 Å². The van der Waals surface area contributed by atoms with E-state index < -0.39 is 0 Å². The maximum atomic E-state index is 13.1. The van der Waals surface area contributed by atoms with E-state index in [2.05, 4.69) is 0 Å². The molecule has 0 amide bonds. The molecule has 0 saturated carbocycles. The number of carbonyl (C=O) groups is 1. The Morgan fingerprint density at radius 1 is 1.11 bits per heavy atom. The molecule has 0 fully saturated rings. The Labute approximate surface area is 207 Å². The topological polar surface area (TPSA) is 72.5 Å². The molecule has 0 atom stereocenters. The minimum Gasteiger partial charge on any atom is -0.493 e. The van der Waals surface area contributed by atoms with Crippen LogP contribution in [0.1, 0.15) is 32.6 Å². The summed E-state index contributed by atoms with van der Waals surface area (Å²) >= 11 is 6.26. The molecule has 3 aromatic rings. The van der Waals surface area contributed by atoms with E-state index in [1.54, 1.807) is 32.4 Å². The van der Waals surface area contributed by atoms with Crippen molar-refractivity contribution in [1.82, 2.24) is 0 Å². The lowest BCUT2D eigenvalue weighted by molar-refractivity contribution is -0.0175. The molecular weight excluding hydrogens is 472 g/mol. The molecule has 0 bridgehead atoms. The van der Waals surface area contributed by atoms with Crippen LogP contribution in [-0.4, -0.2) is 26.8 Å². The van der Waals surface area contributed by atoms with Crippen molar-refractivity contribution in [3.8, 4) is 28.7 Å². The summed E-state index contributed by atoms with van der Waals surface area (Å²) in [6, 6.07) is 12.6. The maximum Gasteiger partial charge on any atom is 0.232 e. The SMILES string of the molecule is COc1cccc(/C=C2\Oc3cc(OCc4cc(Cl)cc5c4OCOC5)cc(C)c3C2=O)c1OC. The third-order valence-corrected chi connectivity index (χ3v) is 6.03. The van der Waals surface area contributed by atoms with Crippen molar-refractivity contribution < 1.29 is 33.2 Å². The standard InChI is InChI=1S/C27H23ClO7/c1-15-7-20(33-13-18-9-19(28)8-17-12-32-14-34-26(17)18)11-22-24(15)25(29)23(35-22)10-16-5-4-6-21(30-2)27(16)31-3/h4-11H,12-14H2,1-3H3/b23-10-. The van der Waals surface area contributed by atoms with E-state index in [9.17, 15) is 4.79 Å². The van der Waals surface area contributed by atoms with Gasteiger partial charge in [-0.15, -0.1) is 0 Å². The highest BCUT2D eigenvalue weighted by molar-refractivity contribution is 6.30. The van der Waals surface area contributed by atoms with Crippen LogP contribution in [0.3, 0.4) is 0 Å². The molecule has 2 heterocycles. The van der Waals surface area contributed by atoms with Gasteiger partial charge in [0, 0.05) is 27.8 Å². The summed E-state index contributed by atoms with van der Waals surface area (Å²) in [5.74, 6) is 2.81. The number of ether oxygens (including phenoxy) is 6. The number of para-hydroxylation sites is 1. The minimum absolute atomic E-state index is 0.183. The predicted octanol–water partition coefficient (Wildman–Crippen LogP) is 5.73. The fourth-order valence-corrected chi connectivity index (χ4v) is 4.52. The first-order valence-electron chi connectivity index (χ1n) is 10.9. The third-order valence-electron chi connectivity index (χ3n) is 5.81. The molecule has 0 unspecified atom stereocenters. The number of allylic oxidation sites excluding steroid dienone is 1. The van der Waals surface area contributed by atoms with Crippen molar-refractivity contribution in [1.29, 1.82) is 0 Å². The van der Waals surface area contributed by atoms with Gasteiger partial charge in [-0.3, -0.25) is 4.79 Å². The van der Waals surface area contributed by atoms with E-state index in [-0.39, 0.29) is 24.9 Å². The van der Waals surface area contributed by atoms with E-state index in [1.165, 1.54) is 0 Å². The Morgan fingerprint density at radius 2 is 1.97 bits per heavy atom. The zero-order valence-electron chi connectivity index (χ0n) is 19.5. The van der Waals surface area contributed by atoms with Gasteiger partial charge in [-0.05, 0) is 42.8 Å². The van der Waals surface area contributed by atoms with Crippen molar-refractivity contribution in [2.75, 3.05) is 21.0 Å². The Bertz CT molecular complexity index is 1350. The van der Waals surface area contributed by atoms with Gasteiger partial charge < -0.3 is 28.4 Å². The lowest BCUT2D eigenvalue weighted by Crippen LogP contribution is -2.14. The highest BCUT2D eigenvalue weighted by Crippen LogP contribution is 2.40. The Hall–Kier alpha value is -3.68. The minimum atomic E-state index is -0.203. The second kappa shape index (κ2) is 9.52. The van der Waals surface area contributed by atoms with Gasteiger partial charge in [-0.25, -0.2) is 0 Å². The zero-order valence-corrected chi connectivity index (χ0v) is 20.2. The number of carbonyl (C=O) groups excluding carboxylic acids is 1. The fourth-order valence-electron chi connectivity index (χ4n) is 4.25. The molecular formula is C27H23ClO7. The highest BCUT2D eigenvalue weighted by atomic mass is 35.5. The average Bonchev–Trinajstić information content (AvgIpc) is 3.17. The van der Waals surface area contributed by atoms with Crippen LogP contribution < -0.4 is 23.7 Å². The van der Waals surface area contributed by atoms with Crippen LogP contribution in [0.25, 0.3) is 6.08 Å². The largest absolute Gasteiger partial charge is 0.493 e. The van der Waals surface area contributed by atoms with Crippen LogP contribution in [0.2, 0.25) is 5.02 Å². The lowest BCUT2D eigenvalue weighted by atomic mass is 10.0. The molecule has 8 heteroatoms. The first-order chi connectivity index (χ1) is 17.0. The first kappa shape index (κ1) is 23.1. The van der Waals surface area contributed by atoms with Crippen molar-refractivity contribution in [3.05, 3.63) is 81.1 Å². The summed E-state index contributed by atoms with van der Waals surface area (Å²) in [4.78, 5) is 13.1. The molecule has 0 aromatic heterocycles. The number of methoxy groups -OCH3 is 2. The monoisotopic (exact) mass is 494 g/mol. The molecule has 2 aliphatic rings. The summed E-state index contributed by atoms with van der Waals surface area (Å²) in [6.45, 7) is 2.70. The molecule has 2 aliphatic heterocycles. The van der Waals surface area contributed by atoms with Crippen molar-refractivity contribution >= 4 is 23.5 Å². The summed E-state index contributed by atoms with van der Waals surface area (Å²) < 4.78 is 33.8. The van der Waals surface area contributed by atoms with E-state index in [4.69, 9.17) is 40.0 Å². The number of halogens is 1. The van der Waals surface area contributed by atoms with E-state index in [0.29, 0.717) is 45.8 Å². The predicted molar refractivity (Wildman–Crippen MR) is 130 cm³/mol. The van der Waals surface area contributed by atoms with E-state index >= 15 is 0 Å². The van der Waals surface area contributed by atoms with Gasteiger partial charge in [0.05, 0.1) is 26.4 Å². The second-order valence-electron chi connectivity index (χ2n) is 8.09. The quantitative estimate of drug-likeness (QED) is 0.405. The number of ketones is 1. The van der Waals surface area contributed by atoms with Gasteiger partial charge >= 0.3 is 0 Å². The van der Waals surface area contributed by atoms with Crippen LogP contribution in [0.5, 0.6) is 28.7 Å². The second-order valence-corrected chi connectivity index (χ2v) is 8.52. The normalized spacial score (nSPS) is 15.2. The summed E-state index contributed by atoms with van der Waals surface area (Å²) in [6.07, 6.45) is 1.65. The van der Waals surface area contributed by atoms with E-state index in [1.807, 2.05) is 37.3 Å². The summed E-state index contributed by atoms with van der Waals surface area (Å²) in [7, 11) is 3.11. The number of hydrogen-bond donors (Lipinski definition) is 0. The molecule has 3 aromatic carbocycles. The number of aryl methyl sites for hydroxylation is 1. The van der Waals surface area contributed by atoms with Gasteiger partial charge in [0.2, 0.25) is 5.78 Å². The van der Waals surface area contributed by atoms with Crippen molar-refractivity contribution in [2.45, 2.75) is 20.1 Å². The highest BCUT2D eigenvalue weighted by Gasteiger charge is 2.30. The molecule has 35 heavy (non-hydrogen) atoms. The molecule has 0 aliphatic carbocycles. The Kier molecular flexibility index (Phi) is 6.28. The fraction of sp³-hybridized carbons (Fsp3) is 0.222. The molecule has 5 rings (SSSR count). The van der Waals surface area contributed by atoms with Gasteiger partial charge in [-0.1, -0.05) is 23.7 Å². The van der Waals surface area contributed by atoms with Crippen LogP contribution in [0.15, 0.2) is 48.2 Å². The molecule has 7 nitrogen and oxygen atoms in total. The Morgan fingerprint density at radius 3 is 2.77 bits per heavy atom. The van der Waals surface area contributed by atoms with Crippen LogP contribution in [0, 0.1) is 6.92 Å². The third kappa shape index (κ3) is 4.40. The van der Waals surface area contributed by atoms with E-state index in [0.717, 1.165) is 22.4 Å². The van der Waals surface area contributed by atoms with Crippen LogP contribution in [-0.2, 0) is 18.0 Å². The number of hydrogen-bond acceptors (Lipinski definition) is 7.